The molecule has 2 heterocycles. The van der Waals surface area contributed by atoms with Crippen molar-refractivity contribution in [2.24, 2.45) is 0 Å². The van der Waals surface area contributed by atoms with Crippen molar-refractivity contribution in [3.63, 3.8) is 0 Å². The molecule has 0 aliphatic heterocycles. The van der Waals surface area contributed by atoms with Crippen molar-refractivity contribution >= 4 is 17.4 Å². The lowest BCUT2D eigenvalue weighted by Crippen LogP contribution is -2.23. The molecule has 4 nitrogen and oxygen atoms in total. The van der Waals surface area contributed by atoms with E-state index in [2.05, 4.69) is 24.1 Å². The fraction of sp³-hybridized carbons (Fsp3) is 0.400. The van der Waals surface area contributed by atoms with Crippen LogP contribution in [0.2, 0.25) is 5.02 Å². The van der Waals surface area contributed by atoms with Crippen LogP contribution in [0.25, 0.3) is 0 Å². The zero-order chi connectivity index (χ0) is 14.5. The van der Waals surface area contributed by atoms with Crippen LogP contribution in [0, 0.1) is 0 Å². The highest BCUT2D eigenvalue weighted by Crippen LogP contribution is 2.21. The van der Waals surface area contributed by atoms with Gasteiger partial charge in [-0.3, -0.25) is 0 Å². The molecule has 2 rings (SSSR count). The minimum Gasteiger partial charge on any atom is -0.467 e. The number of halogens is 1. The largest absolute Gasteiger partial charge is 0.467 e. The van der Waals surface area contributed by atoms with Crippen molar-refractivity contribution in [3.8, 4) is 0 Å². The molecule has 0 amide bonds. The highest BCUT2D eigenvalue weighted by molar-refractivity contribution is 6.31. The van der Waals surface area contributed by atoms with Crippen molar-refractivity contribution in [3.05, 3.63) is 47.0 Å². The van der Waals surface area contributed by atoms with E-state index in [1.54, 1.807) is 12.5 Å². The molecule has 0 saturated heterocycles. The predicted octanol–water partition coefficient (Wildman–Crippen LogP) is 3.46. The van der Waals surface area contributed by atoms with Gasteiger partial charge in [0.15, 0.2) is 0 Å². The van der Waals surface area contributed by atoms with Crippen LogP contribution in [-0.2, 0) is 13.1 Å². The Labute approximate surface area is 124 Å². The van der Waals surface area contributed by atoms with Crippen LogP contribution in [0.4, 0.5) is 5.82 Å². The highest BCUT2D eigenvalue weighted by Gasteiger charge is 2.09. The maximum atomic E-state index is 6.19. The molecule has 1 N–H and O–H groups in total. The van der Waals surface area contributed by atoms with E-state index in [9.17, 15) is 0 Å². The normalized spacial score (nSPS) is 11.1. The molecule has 5 heteroatoms. The van der Waals surface area contributed by atoms with Gasteiger partial charge in [-0.05, 0) is 23.8 Å². The summed E-state index contributed by atoms with van der Waals surface area (Å²) in [7, 11) is 1.98. The van der Waals surface area contributed by atoms with Gasteiger partial charge in [0.1, 0.15) is 11.6 Å². The summed E-state index contributed by atoms with van der Waals surface area (Å²) in [6.07, 6.45) is 3.38. The summed E-state index contributed by atoms with van der Waals surface area (Å²) in [6.45, 7) is 5.64. The third kappa shape index (κ3) is 3.99. The smallest absolute Gasteiger partial charge is 0.129 e. The highest BCUT2D eigenvalue weighted by atomic mass is 35.5. The van der Waals surface area contributed by atoms with E-state index in [1.165, 1.54) is 0 Å². The summed E-state index contributed by atoms with van der Waals surface area (Å²) in [5, 5.41) is 4.05. The summed E-state index contributed by atoms with van der Waals surface area (Å²) < 4.78 is 5.35. The maximum absolute atomic E-state index is 6.19. The molecule has 20 heavy (non-hydrogen) atoms. The van der Waals surface area contributed by atoms with E-state index >= 15 is 0 Å². The minimum atomic E-state index is 0.420. The van der Waals surface area contributed by atoms with Gasteiger partial charge in [0.2, 0.25) is 0 Å². The van der Waals surface area contributed by atoms with Gasteiger partial charge in [-0.15, -0.1) is 0 Å². The summed E-state index contributed by atoms with van der Waals surface area (Å²) in [6, 6.07) is 6.27. The van der Waals surface area contributed by atoms with Crippen molar-refractivity contribution in [1.29, 1.82) is 0 Å². The van der Waals surface area contributed by atoms with Crippen molar-refractivity contribution in [2.75, 3.05) is 11.9 Å². The number of aromatic nitrogens is 1. The van der Waals surface area contributed by atoms with Crippen LogP contribution < -0.4 is 10.2 Å². The second-order valence-corrected chi connectivity index (χ2v) is 5.51. The molecule has 2 aromatic rings. The first-order valence-corrected chi connectivity index (χ1v) is 7.05. The van der Waals surface area contributed by atoms with Gasteiger partial charge in [-0.2, -0.15) is 0 Å². The Morgan fingerprint density at radius 1 is 1.45 bits per heavy atom. The fourth-order valence-corrected chi connectivity index (χ4v) is 2.01. The lowest BCUT2D eigenvalue weighted by molar-refractivity contribution is 0.507. The van der Waals surface area contributed by atoms with Gasteiger partial charge in [0.25, 0.3) is 0 Å². The Morgan fingerprint density at radius 2 is 2.25 bits per heavy atom. The fourth-order valence-electron chi connectivity index (χ4n) is 1.84. The molecule has 2 aromatic heterocycles. The summed E-state index contributed by atoms with van der Waals surface area (Å²) in [5.41, 5.74) is 1.05. The van der Waals surface area contributed by atoms with Gasteiger partial charge in [0.05, 0.1) is 17.8 Å². The Kier molecular flexibility index (Phi) is 5.04. The Hall–Kier alpha value is -1.52. The van der Waals surface area contributed by atoms with Crippen LogP contribution in [0.1, 0.15) is 25.2 Å². The lowest BCUT2D eigenvalue weighted by Gasteiger charge is -2.18. The summed E-state index contributed by atoms with van der Waals surface area (Å²) in [5.74, 6) is 1.79. The third-order valence-corrected chi connectivity index (χ3v) is 3.33. The maximum Gasteiger partial charge on any atom is 0.129 e. The van der Waals surface area contributed by atoms with E-state index in [0.717, 1.165) is 23.7 Å². The molecule has 0 radical (unpaired) electrons. The standard InChI is InChI=1S/C15H20ClN3O/c1-11(2)17-8-12-7-15(18-9-14(12)16)19(3)10-13-5-4-6-20-13/h4-7,9,11,17H,8,10H2,1-3H3. The van der Waals surface area contributed by atoms with E-state index in [-0.39, 0.29) is 0 Å². The first-order valence-electron chi connectivity index (χ1n) is 6.67. The SMILES string of the molecule is CC(C)NCc1cc(N(C)Cc2ccco2)ncc1Cl. The summed E-state index contributed by atoms with van der Waals surface area (Å²) in [4.78, 5) is 6.41. The number of pyridine rings is 1. The molecule has 0 unspecified atom stereocenters. The number of nitrogens with one attached hydrogen (secondary N) is 1. The Morgan fingerprint density at radius 3 is 2.90 bits per heavy atom. The number of anilines is 1. The van der Waals surface area contributed by atoms with Crippen molar-refractivity contribution in [1.82, 2.24) is 10.3 Å². The van der Waals surface area contributed by atoms with Gasteiger partial charge in [0, 0.05) is 25.8 Å². The topological polar surface area (TPSA) is 41.3 Å². The molecule has 0 bridgehead atoms. The Balaban J connectivity index is 2.09. The molecule has 0 aliphatic carbocycles. The molecule has 0 saturated carbocycles. The quantitative estimate of drug-likeness (QED) is 0.885. The van der Waals surface area contributed by atoms with E-state index in [1.807, 2.05) is 30.1 Å². The van der Waals surface area contributed by atoms with Crippen LogP contribution in [-0.4, -0.2) is 18.1 Å². The monoisotopic (exact) mass is 293 g/mol. The lowest BCUT2D eigenvalue weighted by atomic mass is 10.2. The van der Waals surface area contributed by atoms with Crippen LogP contribution in [0.15, 0.2) is 35.1 Å². The van der Waals surface area contributed by atoms with E-state index in [0.29, 0.717) is 17.6 Å². The van der Waals surface area contributed by atoms with Crippen LogP contribution in [0.5, 0.6) is 0 Å². The van der Waals surface area contributed by atoms with Gasteiger partial charge >= 0.3 is 0 Å². The Bertz CT molecular complexity index is 540. The average molecular weight is 294 g/mol. The van der Waals surface area contributed by atoms with Gasteiger partial charge in [-0.1, -0.05) is 25.4 Å². The molecule has 108 valence electrons. The minimum absolute atomic E-state index is 0.420. The second kappa shape index (κ2) is 6.77. The van der Waals surface area contributed by atoms with Crippen LogP contribution >= 0.6 is 11.6 Å². The summed E-state index contributed by atoms with van der Waals surface area (Å²) >= 11 is 6.19. The number of furan rings is 1. The molecule has 0 aliphatic rings. The number of hydrogen-bond donors (Lipinski definition) is 1. The molecule has 0 spiro atoms. The molecular formula is C15H20ClN3O. The van der Waals surface area contributed by atoms with Crippen molar-refractivity contribution < 1.29 is 4.42 Å². The molecule has 0 atom stereocenters. The first kappa shape index (κ1) is 14.9. The van der Waals surface area contributed by atoms with Crippen LogP contribution in [0.3, 0.4) is 0 Å². The second-order valence-electron chi connectivity index (χ2n) is 5.10. The zero-order valence-electron chi connectivity index (χ0n) is 12.1. The number of rotatable bonds is 6. The first-order chi connectivity index (χ1) is 9.56. The van der Waals surface area contributed by atoms with E-state index in [4.69, 9.17) is 16.0 Å². The van der Waals surface area contributed by atoms with Gasteiger partial charge < -0.3 is 14.6 Å². The predicted molar refractivity (Wildman–Crippen MR) is 82.0 cm³/mol. The van der Waals surface area contributed by atoms with E-state index < -0.39 is 0 Å². The third-order valence-electron chi connectivity index (χ3n) is 2.99. The molecule has 0 fully saturated rings. The average Bonchev–Trinajstić information content (AvgIpc) is 2.90. The number of hydrogen-bond acceptors (Lipinski definition) is 4. The molecular weight excluding hydrogens is 274 g/mol. The zero-order valence-corrected chi connectivity index (χ0v) is 12.8. The molecule has 0 aromatic carbocycles. The van der Waals surface area contributed by atoms with Crippen molar-refractivity contribution in [2.45, 2.75) is 33.0 Å². The number of nitrogens with zero attached hydrogens (tertiary/aromatic N) is 2. The van der Waals surface area contributed by atoms with Gasteiger partial charge in [-0.25, -0.2) is 4.98 Å².